The molecule has 2 heterocycles. The monoisotopic (exact) mass is 446 g/mol. The number of aliphatic hydroxyl groups is 1. The molecule has 0 aliphatic heterocycles. The van der Waals surface area contributed by atoms with Gasteiger partial charge in [-0.25, -0.2) is 9.37 Å². The number of fused-ring (bicyclic) bond motifs is 1. The van der Waals surface area contributed by atoms with Crippen LogP contribution in [-0.2, 0) is 0 Å². The largest absolute Gasteiger partial charge is 0.396 e. The summed E-state index contributed by atoms with van der Waals surface area (Å²) >= 11 is 3.61. The maximum Gasteiger partial charge on any atom is 0.165 e. The molecule has 0 aromatic carbocycles. The number of nitrogen functional groups attached to an aromatic ring is 1. The second-order valence-electron chi connectivity index (χ2n) is 7.56. The number of halogens is 2. The number of nitrogens with two attached hydrogens (primary N) is 1. The number of hydrogen-bond acceptors (Lipinski definition) is 4. The molecule has 5 nitrogen and oxygen atoms in total. The molecule has 148 valence electrons. The van der Waals surface area contributed by atoms with E-state index in [9.17, 15) is 9.50 Å². The van der Waals surface area contributed by atoms with Crippen molar-refractivity contribution >= 4 is 33.0 Å². The average Bonchev–Trinajstić information content (AvgIpc) is 3.11. The van der Waals surface area contributed by atoms with Crippen molar-refractivity contribution in [2.24, 2.45) is 5.92 Å². The molecular weight excluding hydrogens is 423 g/mol. The number of hydrogen-bond donors (Lipinski definition) is 2. The minimum atomic E-state index is -0.280. The summed E-state index contributed by atoms with van der Waals surface area (Å²) in [7, 11) is 0. The lowest BCUT2D eigenvalue weighted by atomic mass is 9.81. The number of nitrogens with zero attached hydrogens (tertiary/aromatic N) is 3. The van der Waals surface area contributed by atoms with Gasteiger partial charge < -0.3 is 10.8 Å². The number of anilines is 1. The normalized spacial score (nSPS) is 23.2. The van der Waals surface area contributed by atoms with Gasteiger partial charge in [-0.05, 0) is 78.1 Å². The molecule has 4 rings (SSSR count). The van der Waals surface area contributed by atoms with E-state index in [-0.39, 0.29) is 18.4 Å². The summed E-state index contributed by atoms with van der Waals surface area (Å²) in [5.74, 6) is 0.890. The highest BCUT2D eigenvalue weighted by molar-refractivity contribution is 9.10. The summed E-state index contributed by atoms with van der Waals surface area (Å²) in [6.07, 6.45) is 14.1. The van der Waals surface area contributed by atoms with Gasteiger partial charge in [0.05, 0.1) is 16.4 Å². The number of allylic oxidation sites excluding steroid dienone is 6. The van der Waals surface area contributed by atoms with E-state index in [1.807, 2.05) is 12.2 Å². The van der Waals surface area contributed by atoms with Crippen molar-refractivity contribution < 1.29 is 9.50 Å². The molecule has 28 heavy (non-hydrogen) atoms. The highest BCUT2D eigenvalue weighted by Gasteiger charge is 2.27. The van der Waals surface area contributed by atoms with Crippen molar-refractivity contribution in [1.82, 2.24) is 14.6 Å². The average molecular weight is 447 g/mol. The zero-order chi connectivity index (χ0) is 19.7. The van der Waals surface area contributed by atoms with Gasteiger partial charge in [0.15, 0.2) is 5.65 Å². The lowest BCUT2D eigenvalue weighted by Gasteiger charge is -2.27. The van der Waals surface area contributed by atoms with Crippen LogP contribution in [-0.4, -0.2) is 26.3 Å². The van der Waals surface area contributed by atoms with Gasteiger partial charge in [-0.1, -0.05) is 12.2 Å². The standard InChI is InChI=1S/C21H24BrFN4O/c22-18-19(14-8-6-13(12-28)7-9-14)26-21-17(11-25-27(21)20(18)24)15-4-2-1-3-5-16(23)10-15/h3-5,10-11,13-14,28H,1-2,6-9,12,24H2. The van der Waals surface area contributed by atoms with Crippen molar-refractivity contribution in [3.8, 4) is 0 Å². The van der Waals surface area contributed by atoms with E-state index in [1.54, 1.807) is 10.7 Å². The minimum Gasteiger partial charge on any atom is -0.396 e. The summed E-state index contributed by atoms with van der Waals surface area (Å²) in [4.78, 5) is 4.92. The van der Waals surface area contributed by atoms with Crippen molar-refractivity contribution in [2.75, 3.05) is 12.3 Å². The number of aromatic nitrogens is 3. The highest BCUT2D eigenvalue weighted by atomic mass is 79.9. The molecule has 2 aromatic rings. The van der Waals surface area contributed by atoms with E-state index in [0.29, 0.717) is 17.4 Å². The maximum absolute atomic E-state index is 14.1. The maximum atomic E-state index is 14.1. The molecule has 2 aromatic heterocycles. The predicted molar refractivity (Wildman–Crippen MR) is 112 cm³/mol. The van der Waals surface area contributed by atoms with Crippen LogP contribution in [0, 0.1) is 5.92 Å². The van der Waals surface area contributed by atoms with E-state index >= 15 is 0 Å². The third-order valence-electron chi connectivity index (χ3n) is 5.72. The molecule has 0 atom stereocenters. The van der Waals surface area contributed by atoms with Gasteiger partial charge in [0.2, 0.25) is 0 Å². The Kier molecular flexibility index (Phi) is 5.64. The van der Waals surface area contributed by atoms with Gasteiger partial charge in [0.1, 0.15) is 11.6 Å². The first-order valence-electron chi connectivity index (χ1n) is 9.76. The molecule has 0 radical (unpaired) electrons. The minimum absolute atomic E-state index is 0.246. The van der Waals surface area contributed by atoms with Crippen LogP contribution >= 0.6 is 15.9 Å². The Morgan fingerprint density at radius 3 is 2.79 bits per heavy atom. The summed E-state index contributed by atoms with van der Waals surface area (Å²) in [6, 6.07) is 0. The molecule has 1 saturated carbocycles. The number of rotatable bonds is 3. The molecule has 2 aliphatic rings. The summed E-state index contributed by atoms with van der Waals surface area (Å²) in [6.45, 7) is 0.246. The summed E-state index contributed by atoms with van der Waals surface area (Å²) < 4.78 is 16.5. The fourth-order valence-corrected chi connectivity index (χ4v) is 4.66. The van der Waals surface area contributed by atoms with Gasteiger partial charge >= 0.3 is 0 Å². The lowest BCUT2D eigenvalue weighted by Crippen LogP contribution is -2.18. The van der Waals surface area contributed by atoms with E-state index in [2.05, 4.69) is 21.0 Å². The molecule has 3 N–H and O–H groups in total. The van der Waals surface area contributed by atoms with Crippen molar-refractivity contribution in [3.05, 3.63) is 52.1 Å². The first-order chi connectivity index (χ1) is 13.6. The molecule has 0 spiro atoms. The van der Waals surface area contributed by atoms with Crippen LogP contribution < -0.4 is 5.73 Å². The van der Waals surface area contributed by atoms with Gasteiger partial charge in [-0.3, -0.25) is 0 Å². The van der Waals surface area contributed by atoms with Gasteiger partial charge in [-0.15, -0.1) is 0 Å². The van der Waals surface area contributed by atoms with Crippen molar-refractivity contribution in [2.45, 2.75) is 44.4 Å². The molecule has 2 aliphatic carbocycles. The second-order valence-corrected chi connectivity index (χ2v) is 8.35. The van der Waals surface area contributed by atoms with Crippen LogP contribution in [0.1, 0.15) is 55.7 Å². The SMILES string of the molecule is Nc1c(Br)c(C2CCC(CO)CC2)nc2c(C3=CCCC=CC(F)=C3)cnn12. The van der Waals surface area contributed by atoms with Crippen LogP contribution in [0.25, 0.3) is 11.2 Å². The quantitative estimate of drug-likeness (QED) is 0.700. The molecular formula is C21H24BrFN4O. The Balaban J connectivity index is 1.78. The van der Waals surface area contributed by atoms with Crippen LogP contribution in [0.5, 0.6) is 0 Å². The summed E-state index contributed by atoms with van der Waals surface area (Å²) in [5, 5.41) is 13.8. The third kappa shape index (κ3) is 3.65. The van der Waals surface area contributed by atoms with Crippen molar-refractivity contribution in [3.63, 3.8) is 0 Å². The molecule has 0 unspecified atom stereocenters. The Labute approximate surface area is 172 Å². The third-order valence-corrected chi connectivity index (χ3v) is 6.53. The Morgan fingerprint density at radius 1 is 1.25 bits per heavy atom. The molecule has 0 amide bonds. The highest BCUT2D eigenvalue weighted by Crippen LogP contribution is 2.40. The Bertz CT molecular complexity index is 970. The Morgan fingerprint density at radius 2 is 2.04 bits per heavy atom. The molecule has 7 heteroatoms. The molecule has 0 bridgehead atoms. The fourth-order valence-electron chi connectivity index (χ4n) is 4.08. The van der Waals surface area contributed by atoms with Crippen LogP contribution in [0.4, 0.5) is 10.2 Å². The van der Waals surface area contributed by atoms with E-state index in [1.165, 1.54) is 12.2 Å². The van der Waals surface area contributed by atoms with Gasteiger partial charge in [0, 0.05) is 18.1 Å². The zero-order valence-corrected chi connectivity index (χ0v) is 17.2. The van der Waals surface area contributed by atoms with Crippen molar-refractivity contribution in [1.29, 1.82) is 0 Å². The summed E-state index contributed by atoms with van der Waals surface area (Å²) in [5.41, 5.74) is 9.51. The molecule has 0 saturated heterocycles. The number of aliphatic hydroxyl groups excluding tert-OH is 1. The predicted octanol–water partition coefficient (Wildman–Crippen LogP) is 4.93. The van der Waals surface area contributed by atoms with Crippen LogP contribution in [0.15, 0.2) is 40.8 Å². The fraction of sp³-hybridized carbons (Fsp3) is 0.429. The van der Waals surface area contributed by atoms with Gasteiger partial charge in [-0.2, -0.15) is 9.61 Å². The van der Waals surface area contributed by atoms with E-state index in [4.69, 9.17) is 10.7 Å². The van der Waals surface area contributed by atoms with Gasteiger partial charge in [0.25, 0.3) is 0 Å². The topological polar surface area (TPSA) is 76.4 Å². The first kappa shape index (κ1) is 19.3. The van der Waals surface area contributed by atoms with Crippen LogP contribution in [0.3, 0.4) is 0 Å². The van der Waals surface area contributed by atoms with Crippen LogP contribution in [0.2, 0.25) is 0 Å². The Hall–Kier alpha value is -1.99. The smallest absolute Gasteiger partial charge is 0.165 e. The zero-order valence-electron chi connectivity index (χ0n) is 15.6. The second kappa shape index (κ2) is 8.17. The van der Waals surface area contributed by atoms with E-state index < -0.39 is 0 Å². The first-order valence-corrected chi connectivity index (χ1v) is 10.6. The van der Waals surface area contributed by atoms with E-state index in [0.717, 1.165) is 59.8 Å². The molecule has 1 fully saturated rings. The lowest BCUT2D eigenvalue weighted by molar-refractivity contribution is 0.181.